The van der Waals surface area contributed by atoms with Crippen LogP contribution >= 0.6 is 0 Å². The molecule has 1 heterocycles. The summed E-state index contributed by atoms with van der Waals surface area (Å²) in [5.74, 6) is -0.652. The summed E-state index contributed by atoms with van der Waals surface area (Å²) in [6.07, 6.45) is 10.8. The van der Waals surface area contributed by atoms with Crippen molar-refractivity contribution in [2.24, 2.45) is 17.8 Å². The molecule has 1 aliphatic heterocycles. The van der Waals surface area contributed by atoms with Crippen molar-refractivity contribution in [1.82, 2.24) is 16.2 Å². The third-order valence-corrected chi connectivity index (χ3v) is 8.26. The van der Waals surface area contributed by atoms with Crippen LogP contribution < -0.4 is 16.2 Å². The Bertz CT molecular complexity index is 871. The Morgan fingerprint density at radius 3 is 2.24 bits per heavy atom. The summed E-state index contributed by atoms with van der Waals surface area (Å²) in [6, 6.07) is -0.0702. The topological polar surface area (TPSA) is 87.3 Å². The lowest BCUT2D eigenvalue weighted by molar-refractivity contribution is -0.139. The second-order valence-electron chi connectivity index (χ2n) is 11.3. The molecule has 0 aromatic carbocycles. The van der Waals surface area contributed by atoms with Gasteiger partial charge in [-0.05, 0) is 55.1 Å². The van der Waals surface area contributed by atoms with E-state index in [1.165, 1.54) is 19.3 Å². The fraction of sp³-hybridized carbons (Fsp3) is 0.741. The van der Waals surface area contributed by atoms with Gasteiger partial charge in [-0.2, -0.15) is 0 Å². The zero-order chi connectivity index (χ0) is 23.8. The van der Waals surface area contributed by atoms with Gasteiger partial charge in [0.25, 0.3) is 5.91 Å². The summed E-state index contributed by atoms with van der Waals surface area (Å²) >= 11 is 0. The number of carbonyl (C=O) groups is 3. The average molecular weight is 456 g/mol. The van der Waals surface area contributed by atoms with Crippen LogP contribution in [0.25, 0.3) is 0 Å². The first kappa shape index (κ1) is 24.3. The molecule has 3 N–H and O–H groups in total. The number of ketones is 2. The quantitative estimate of drug-likeness (QED) is 0.521. The minimum Gasteiger partial charge on any atom is -0.319 e. The first-order chi connectivity index (χ1) is 15.7. The molecule has 1 spiro atoms. The van der Waals surface area contributed by atoms with Gasteiger partial charge in [0, 0.05) is 29.1 Å². The van der Waals surface area contributed by atoms with Crippen molar-refractivity contribution in [3.63, 3.8) is 0 Å². The van der Waals surface area contributed by atoms with Crippen molar-refractivity contribution >= 4 is 17.5 Å². The summed E-state index contributed by atoms with van der Waals surface area (Å²) in [4.78, 5) is 39.4. The first-order valence-corrected chi connectivity index (χ1v) is 13.1. The van der Waals surface area contributed by atoms with Crippen LogP contribution in [0.2, 0.25) is 0 Å². The van der Waals surface area contributed by atoms with E-state index in [0.29, 0.717) is 6.42 Å². The van der Waals surface area contributed by atoms with Crippen molar-refractivity contribution in [3.05, 3.63) is 22.4 Å². The normalized spacial score (nSPS) is 26.2. The Morgan fingerprint density at radius 1 is 0.970 bits per heavy atom. The molecule has 3 aliphatic carbocycles. The van der Waals surface area contributed by atoms with Gasteiger partial charge in [-0.1, -0.05) is 59.8 Å². The standard InChI is InChI=1S/C27H41N3O3/c1-16(2)19-14-21(31)23(20-15-27(30-29-20)12-8-5-9-13-27)22(17(3)4)24(19)28-26(33)25(32)18-10-6-7-11-18/h16-18,20,29-30H,5-15H2,1-4H3,(H,28,33). The van der Waals surface area contributed by atoms with E-state index in [0.717, 1.165) is 67.4 Å². The van der Waals surface area contributed by atoms with Gasteiger partial charge in [0.1, 0.15) is 0 Å². The Kier molecular flexibility index (Phi) is 7.25. The predicted molar refractivity (Wildman–Crippen MR) is 129 cm³/mol. The Labute approximate surface area is 198 Å². The monoisotopic (exact) mass is 455 g/mol. The van der Waals surface area contributed by atoms with Crippen LogP contribution in [-0.4, -0.2) is 29.1 Å². The predicted octanol–water partition coefficient (Wildman–Crippen LogP) is 4.27. The molecular weight excluding hydrogens is 414 g/mol. The first-order valence-electron chi connectivity index (χ1n) is 13.1. The SMILES string of the molecule is CC(C)C1=C(NC(=O)C(=O)C2CCCC2)C(C(C)C)=C(C2CC3(CCCCC3)NN2)C(=O)C1. The van der Waals surface area contributed by atoms with Crippen LogP contribution in [0.3, 0.4) is 0 Å². The number of carbonyl (C=O) groups excluding carboxylic acids is 3. The van der Waals surface area contributed by atoms with Crippen LogP contribution in [-0.2, 0) is 14.4 Å². The van der Waals surface area contributed by atoms with E-state index in [2.05, 4.69) is 43.9 Å². The maximum Gasteiger partial charge on any atom is 0.292 e. The average Bonchev–Trinajstić information content (AvgIpc) is 3.44. The summed E-state index contributed by atoms with van der Waals surface area (Å²) in [7, 11) is 0. The maximum absolute atomic E-state index is 13.5. The van der Waals surface area contributed by atoms with Crippen LogP contribution in [0.1, 0.15) is 98.3 Å². The third-order valence-electron chi connectivity index (χ3n) is 8.26. The van der Waals surface area contributed by atoms with Crippen LogP contribution in [0, 0.1) is 17.8 Å². The molecule has 182 valence electrons. The highest BCUT2D eigenvalue weighted by molar-refractivity contribution is 6.37. The van der Waals surface area contributed by atoms with Crippen molar-refractivity contribution in [2.45, 2.75) is 110 Å². The summed E-state index contributed by atoms with van der Waals surface area (Å²) in [5, 5.41) is 3.04. The molecule has 6 heteroatoms. The van der Waals surface area contributed by atoms with E-state index in [-0.39, 0.29) is 40.9 Å². The Hall–Kier alpha value is -1.79. The second-order valence-corrected chi connectivity index (χ2v) is 11.3. The van der Waals surface area contributed by atoms with E-state index in [1.807, 2.05) is 0 Å². The summed E-state index contributed by atoms with van der Waals surface area (Å²) < 4.78 is 0. The van der Waals surface area contributed by atoms with Gasteiger partial charge in [-0.3, -0.25) is 19.8 Å². The molecule has 1 atom stereocenters. The third kappa shape index (κ3) is 4.88. The molecule has 0 aromatic rings. The fourth-order valence-electron chi connectivity index (χ4n) is 6.45. The lowest BCUT2D eigenvalue weighted by atomic mass is 9.73. The molecule has 1 saturated heterocycles. The molecule has 6 nitrogen and oxygen atoms in total. The molecular formula is C27H41N3O3. The van der Waals surface area contributed by atoms with Crippen LogP contribution in [0.4, 0.5) is 0 Å². The van der Waals surface area contributed by atoms with Crippen LogP contribution in [0.15, 0.2) is 22.4 Å². The minimum atomic E-state index is -0.511. The summed E-state index contributed by atoms with van der Waals surface area (Å²) in [6.45, 7) is 8.27. The largest absolute Gasteiger partial charge is 0.319 e. The number of Topliss-reactive ketones (excluding diaryl/α,β-unsaturated/α-hetero) is 2. The van der Waals surface area contributed by atoms with Gasteiger partial charge in [0.2, 0.25) is 5.78 Å². The lowest BCUT2D eigenvalue weighted by Gasteiger charge is -2.34. The molecule has 3 fully saturated rings. The minimum absolute atomic E-state index is 0.0552. The van der Waals surface area contributed by atoms with Crippen molar-refractivity contribution in [3.8, 4) is 0 Å². The number of hydrazine groups is 1. The second kappa shape index (κ2) is 9.83. The zero-order valence-electron chi connectivity index (χ0n) is 20.8. The molecule has 0 bridgehead atoms. The summed E-state index contributed by atoms with van der Waals surface area (Å²) in [5.41, 5.74) is 10.5. The highest BCUT2D eigenvalue weighted by Gasteiger charge is 2.44. The highest BCUT2D eigenvalue weighted by Crippen LogP contribution is 2.41. The van der Waals surface area contributed by atoms with E-state index in [1.54, 1.807) is 0 Å². The molecule has 4 aliphatic rings. The molecule has 1 unspecified atom stereocenters. The molecule has 0 radical (unpaired) electrons. The lowest BCUT2D eigenvalue weighted by Crippen LogP contribution is -2.45. The van der Waals surface area contributed by atoms with Gasteiger partial charge >= 0.3 is 0 Å². The van der Waals surface area contributed by atoms with E-state index in [9.17, 15) is 14.4 Å². The molecule has 1 amide bonds. The Morgan fingerprint density at radius 2 is 1.64 bits per heavy atom. The van der Waals surface area contributed by atoms with E-state index < -0.39 is 5.91 Å². The number of amides is 1. The smallest absolute Gasteiger partial charge is 0.292 e. The molecule has 4 rings (SSSR count). The van der Waals surface area contributed by atoms with Gasteiger partial charge in [-0.15, -0.1) is 0 Å². The Balaban J connectivity index is 1.68. The fourth-order valence-corrected chi connectivity index (χ4v) is 6.45. The molecule has 0 aromatic heterocycles. The number of hydrogen-bond acceptors (Lipinski definition) is 5. The maximum atomic E-state index is 13.5. The van der Waals surface area contributed by atoms with Gasteiger partial charge in [0.15, 0.2) is 5.78 Å². The van der Waals surface area contributed by atoms with E-state index in [4.69, 9.17) is 0 Å². The zero-order valence-corrected chi connectivity index (χ0v) is 20.8. The van der Waals surface area contributed by atoms with Crippen molar-refractivity contribution < 1.29 is 14.4 Å². The highest BCUT2D eigenvalue weighted by atomic mass is 16.2. The number of allylic oxidation sites excluding steroid dienone is 2. The van der Waals surface area contributed by atoms with Crippen molar-refractivity contribution in [1.29, 1.82) is 0 Å². The number of rotatable bonds is 6. The van der Waals surface area contributed by atoms with Gasteiger partial charge in [0.05, 0.1) is 6.04 Å². The van der Waals surface area contributed by atoms with Crippen molar-refractivity contribution in [2.75, 3.05) is 0 Å². The van der Waals surface area contributed by atoms with Gasteiger partial charge in [-0.25, -0.2) is 5.43 Å². The molecule has 33 heavy (non-hydrogen) atoms. The number of nitrogens with one attached hydrogen (secondary N) is 3. The van der Waals surface area contributed by atoms with Gasteiger partial charge < -0.3 is 5.32 Å². The molecule has 2 saturated carbocycles. The van der Waals surface area contributed by atoms with Crippen LogP contribution in [0.5, 0.6) is 0 Å². The van der Waals surface area contributed by atoms with E-state index >= 15 is 0 Å². The number of hydrogen-bond donors (Lipinski definition) is 3.